The maximum Gasteiger partial charge on any atom is 0.291 e. The van der Waals surface area contributed by atoms with E-state index in [1.165, 1.54) is 0 Å². The Morgan fingerprint density at radius 3 is 2.25 bits per heavy atom. The van der Waals surface area contributed by atoms with Gasteiger partial charge < -0.3 is 5.32 Å². The molecule has 0 aliphatic heterocycles. The fraction of sp³-hybridized carbons (Fsp3) is 0.400. The summed E-state index contributed by atoms with van der Waals surface area (Å²) in [6, 6.07) is 3.80. The fourth-order valence-corrected chi connectivity index (χ4v) is 4.24. The van der Waals surface area contributed by atoms with Gasteiger partial charge >= 0.3 is 0 Å². The molecule has 0 aliphatic carbocycles. The quantitative estimate of drug-likeness (QED) is 0.790. The second kappa shape index (κ2) is 6.86. The fourth-order valence-electron chi connectivity index (χ4n) is 2.14. The van der Waals surface area contributed by atoms with Crippen molar-refractivity contribution in [2.75, 3.05) is 10.0 Å². The molecule has 1 heterocycles. The zero-order valence-corrected chi connectivity index (χ0v) is 15.8. The zero-order valence-electron chi connectivity index (χ0n) is 14.2. The van der Waals surface area contributed by atoms with Gasteiger partial charge in [-0.3, -0.25) is 9.52 Å². The number of sulfonamides is 1. The lowest BCUT2D eigenvalue weighted by atomic mass is 10.1. The average molecular weight is 368 g/mol. The third kappa shape index (κ3) is 4.09. The summed E-state index contributed by atoms with van der Waals surface area (Å²) in [5.74, 6) is -0.474. The molecule has 1 aromatic carbocycles. The maximum absolute atomic E-state index is 12.5. The van der Waals surface area contributed by atoms with Crippen molar-refractivity contribution in [3.63, 3.8) is 0 Å². The standard InChI is InChI=1S/C15H20N4O3S2/c1-8(2)13(20)16-14-17-18-15(23-14)24(21,22)19-12-10(4)6-9(3)7-11(12)5/h6-8,19H,1-5H3,(H,16,17,20). The van der Waals surface area contributed by atoms with E-state index in [4.69, 9.17) is 0 Å². The smallest absolute Gasteiger partial charge is 0.291 e. The number of carbonyl (C=O) groups is 1. The van der Waals surface area contributed by atoms with Crippen molar-refractivity contribution in [1.29, 1.82) is 0 Å². The molecule has 1 aromatic heterocycles. The predicted molar refractivity (Wildman–Crippen MR) is 94.8 cm³/mol. The van der Waals surface area contributed by atoms with Crippen molar-refractivity contribution in [2.24, 2.45) is 5.92 Å². The monoisotopic (exact) mass is 368 g/mol. The lowest BCUT2D eigenvalue weighted by molar-refractivity contribution is -0.118. The molecule has 0 fully saturated rings. The second-order valence-corrected chi connectivity index (χ2v) is 8.73. The first-order chi connectivity index (χ1) is 11.1. The van der Waals surface area contributed by atoms with E-state index in [0.29, 0.717) is 5.69 Å². The summed E-state index contributed by atoms with van der Waals surface area (Å²) in [4.78, 5) is 11.6. The van der Waals surface area contributed by atoms with E-state index in [1.807, 2.05) is 32.9 Å². The van der Waals surface area contributed by atoms with Gasteiger partial charge in [0.25, 0.3) is 14.4 Å². The van der Waals surface area contributed by atoms with Gasteiger partial charge in [0.05, 0.1) is 5.69 Å². The number of hydrogen-bond acceptors (Lipinski definition) is 6. The Morgan fingerprint density at radius 1 is 1.12 bits per heavy atom. The Labute approximate surface area is 145 Å². The first kappa shape index (κ1) is 18.3. The van der Waals surface area contributed by atoms with E-state index in [2.05, 4.69) is 20.2 Å². The highest BCUT2D eigenvalue weighted by atomic mass is 32.2. The van der Waals surface area contributed by atoms with E-state index in [0.717, 1.165) is 28.0 Å². The highest BCUT2D eigenvalue weighted by Crippen LogP contribution is 2.27. The molecule has 7 nitrogen and oxygen atoms in total. The van der Waals surface area contributed by atoms with E-state index in [-0.39, 0.29) is 21.3 Å². The SMILES string of the molecule is Cc1cc(C)c(NS(=O)(=O)c2nnc(NC(=O)C(C)C)s2)c(C)c1. The predicted octanol–water partition coefficient (Wildman–Crippen LogP) is 2.86. The second-order valence-electron chi connectivity index (χ2n) is 5.90. The Morgan fingerprint density at radius 2 is 1.71 bits per heavy atom. The zero-order chi connectivity index (χ0) is 18.1. The summed E-state index contributed by atoms with van der Waals surface area (Å²) in [5, 5.41) is 10.1. The molecule has 0 unspecified atom stereocenters. The number of aryl methyl sites for hydroxylation is 3. The molecule has 2 N–H and O–H groups in total. The molecule has 0 saturated carbocycles. The summed E-state index contributed by atoms with van der Waals surface area (Å²) < 4.78 is 27.4. The first-order valence-electron chi connectivity index (χ1n) is 7.35. The largest absolute Gasteiger partial charge is 0.300 e. The van der Waals surface area contributed by atoms with E-state index in [9.17, 15) is 13.2 Å². The van der Waals surface area contributed by atoms with Crippen LogP contribution in [0.25, 0.3) is 0 Å². The summed E-state index contributed by atoms with van der Waals surface area (Å²) in [5.41, 5.74) is 3.24. The third-order valence-corrected chi connectivity index (χ3v) is 5.86. The molecule has 0 saturated heterocycles. The van der Waals surface area contributed by atoms with Crippen LogP contribution in [0.3, 0.4) is 0 Å². The van der Waals surface area contributed by atoms with Crippen molar-refractivity contribution in [1.82, 2.24) is 10.2 Å². The third-order valence-electron chi connectivity index (χ3n) is 3.30. The Kier molecular flexibility index (Phi) is 5.24. The van der Waals surface area contributed by atoms with E-state index >= 15 is 0 Å². The van der Waals surface area contributed by atoms with Gasteiger partial charge in [0.2, 0.25) is 11.0 Å². The summed E-state index contributed by atoms with van der Waals surface area (Å²) >= 11 is 0.815. The van der Waals surface area contributed by atoms with Gasteiger partial charge in [-0.1, -0.05) is 42.9 Å². The number of nitrogens with zero attached hydrogens (tertiary/aromatic N) is 2. The van der Waals surface area contributed by atoms with Gasteiger partial charge in [-0.15, -0.1) is 10.2 Å². The molecular formula is C15H20N4O3S2. The van der Waals surface area contributed by atoms with Gasteiger partial charge in [0.1, 0.15) is 0 Å². The Hall–Kier alpha value is -2.00. The van der Waals surface area contributed by atoms with Gasteiger partial charge in [-0.25, -0.2) is 0 Å². The minimum Gasteiger partial charge on any atom is -0.300 e. The van der Waals surface area contributed by atoms with Crippen LogP contribution in [-0.2, 0) is 14.8 Å². The number of benzene rings is 1. The number of amides is 1. The van der Waals surface area contributed by atoms with E-state index in [1.54, 1.807) is 13.8 Å². The van der Waals surface area contributed by atoms with Crippen LogP contribution < -0.4 is 10.0 Å². The molecule has 0 radical (unpaired) electrons. The highest BCUT2D eigenvalue weighted by Gasteiger charge is 2.23. The molecule has 2 aromatic rings. The number of anilines is 2. The molecule has 2 rings (SSSR count). The topological polar surface area (TPSA) is 101 Å². The van der Waals surface area contributed by atoms with Crippen LogP contribution in [0.2, 0.25) is 0 Å². The number of carbonyl (C=O) groups excluding carboxylic acids is 1. The average Bonchev–Trinajstić information content (AvgIpc) is 2.92. The summed E-state index contributed by atoms with van der Waals surface area (Å²) in [6.45, 7) is 9.10. The molecule has 0 bridgehead atoms. The number of nitrogens with one attached hydrogen (secondary N) is 2. The normalized spacial score (nSPS) is 11.6. The summed E-state index contributed by atoms with van der Waals surface area (Å²) in [7, 11) is -3.86. The van der Waals surface area contributed by atoms with Gasteiger partial charge in [0.15, 0.2) is 0 Å². The number of hydrogen-bond donors (Lipinski definition) is 2. The molecular weight excluding hydrogens is 348 g/mol. The van der Waals surface area contributed by atoms with Crippen molar-refractivity contribution in [2.45, 2.75) is 39.0 Å². The molecule has 0 atom stereocenters. The summed E-state index contributed by atoms with van der Waals surface area (Å²) in [6.07, 6.45) is 0. The van der Waals surface area contributed by atoms with Crippen LogP contribution in [-0.4, -0.2) is 24.5 Å². The van der Waals surface area contributed by atoms with Crippen LogP contribution in [0.1, 0.15) is 30.5 Å². The number of rotatable bonds is 5. The van der Waals surface area contributed by atoms with Crippen LogP contribution in [0, 0.1) is 26.7 Å². The molecule has 0 spiro atoms. The molecule has 0 aliphatic rings. The molecule has 130 valence electrons. The van der Waals surface area contributed by atoms with Crippen molar-refractivity contribution >= 4 is 38.1 Å². The van der Waals surface area contributed by atoms with Crippen LogP contribution in [0.4, 0.5) is 10.8 Å². The van der Waals surface area contributed by atoms with Crippen LogP contribution in [0.15, 0.2) is 16.5 Å². The van der Waals surface area contributed by atoms with Gasteiger partial charge in [-0.05, 0) is 31.9 Å². The van der Waals surface area contributed by atoms with Crippen molar-refractivity contribution in [3.05, 3.63) is 28.8 Å². The lowest BCUT2D eigenvalue weighted by Crippen LogP contribution is -2.17. The maximum atomic E-state index is 12.5. The Balaban J connectivity index is 2.26. The van der Waals surface area contributed by atoms with Crippen LogP contribution >= 0.6 is 11.3 Å². The van der Waals surface area contributed by atoms with Crippen LogP contribution in [0.5, 0.6) is 0 Å². The minimum absolute atomic E-state index is 0.159. The lowest BCUT2D eigenvalue weighted by Gasteiger charge is -2.12. The van der Waals surface area contributed by atoms with Gasteiger partial charge in [0, 0.05) is 5.92 Å². The highest BCUT2D eigenvalue weighted by molar-refractivity contribution is 7.94. The van der Waals surface area contributed by atoms with Gasteiger partial charge in [-0.2, -0.15) is 8.42 Å². The minimum atomic E-state index is -3.86. The molecule has 9 heteroatoms. The van der Waals surface area contributed by atoms with Crippen molar-refractivity contribution < 1.29 is 13.2 Å². The molecule has 24 heavy (non-hydrogen) atoms. The first-order valence-corrected chi connectivity index (χ1v) is 9.65. The van der Waals surface area contributed by atoms with Crippen molar-refractivity contribution in [3.8, 4) is 0 Å². The van der Waals surface area contributed by atoms with E-state index < -0.39 is 10.0 Å². The number of aromatic nitrogens is 2. The Bertz CT molecular complexity index is 850. The molecule has 1 amide bonds.